The minimum absolute atomic E-state index is 0.000853. The summed E-state index contributed by atoms with van der Waals surface area (Å²) in [6.07, 6.45) is 0.851. The van der Waals surface area contributed by atoms with Gasteiger partial charge in [0.1, 0.15) is 0 Å². The van der Waals surface area contributed by atoms with E-state index in [9.17, 15) is 9.59 Å². The lowest BCUT2D eigenvalue weighted by Crippen LogP contribution is -2.31. The highest BCUT2D eigenvalue weighted by Gasteiger charge is 2.27. The number of hydrogen-bond acceptors (Lipinski definition) is 4. The van der Waals surface area contributed by atoms with Gasteiger partial charge < -0.3 is 14.6 Å². The summed E-state index contributed by atoms with van der Waals surface area (Å²) >= 11 is 4.73. The molecule has 2 heterocycles. The Morgan fingerprint density at radius 1 is 1.14 bits per heavy atom. The van der Waals surface area contributed by atoms with Gasteiger partial charge in [0, 0.05) is 22.0 Å². The van der Waals surface area contributed by atoms with Crippen molar-refractivity contribution in [2.24, 2.45) is 0 Å². The monoisotopic (exact) mass is 456 g/mol. The molecule has 28 heavy (non-hydrogen) atoms. The highest BCUT2D eigenvalue weighted by Crippen LogP contribution is 2.42. The molecular weight excluding hydrogens is 440 g/mol. The van der Waals surface area contributed by atoms with Gasteiger partial charge in [-0.15, -0.1) is 0 Å². The fourth-order valence-electron chi connectivity index (χ4n) is 3.08. The summed E-state index contributed by atoms with van der Waals surface area (Å²) in [7, 11) is 0. The fourth-order valence-corrected chi connectivity index (χ4v) is 4.50. The Kier molecular flexibility index (Phi) is 5.28. The second kappa shape index (κ2) is 7.85. The minimum atomic E-state index is -0.328. The number of anilines is 2. The van der Waals surface area contributed by atoms with Gasteiger partial charge in [0.2, 0.25) is 0 Å². The number of nitrogens with zero attached hydrogens (tertiary/aromatic N) is 1. The quantitative estimate of drug-likeness (QED) is 0.537. The van der Waals surface area contributed by atoms with Gasteiger partial charge in [-0.25, -0.2) is 0 Å². The Balaban J connectivity index is 1.70. The number of nitrogens with one attached hydrogen (secondary N) is 1. The predicted molar refractivity (Wildman–Crippen MR) is 113 cm³/mol. The maximum absolute atomic E-state index is 13.1. The Morgan fingerprint density at radius 2 is 1.96 bits per heavy atom. The first-order valence-corrected chi connectivity index (χ1v) is 10.5. The lowest BCUT2D eigenvalue weighted by molar-refractivity contribution is 0.0980. The number of amides is 2. The van der Waals surface area contributed by atoms with Crippen LogP contribution < -0.4 is 10.2 Å². The van der Waals surface area contributed by atoms with Crippen LogP contribution in [0, 0.1) is 0 Å². The molecule has 0 saturated heterocycles. The topological polar surface area (TPSA) is 62.6 Å². The number of benzene rings is 2. The van der Waals surface area contributed by atoms with E-state index in [4.69, 9.17) is 4.42 Å². The van der Waals surface area contributed by atoms with Gasteiger partial charge in [0.25, 0.3) is 11.8 Å². The van der Waals surface area contributed by atoms with E-state index < -0.39 is 0 Å². The van der Waals surface area contributed by atoms with Crippen LogP contribution in [-0.4, -0.2) is 18.4 Å². The number of halogens is 1. The number of carbonyl (C=O) groups is 2. The molecule has 1 aromatic heterocycles. The van der Waals surface area contributed by atoms with Crippen LogP contribution in [0.2, 0.25) is 0 Å². The summed E-state index contributed by atoms with van der Waals surface area (Å²) in [4.78, 5) is 29.1. The Morgan fingerprint density at radius 3 is 2.71 bits per heavy atom. The van der Waals surface area contributed by atoms with Crippen LogP contribution in [0.3, 0.4) is 0 Å². The zero-order chi connectivity index (χ0) is 19.7. The molecule has 0 unspecified atom stereocenters. The van der Waals surface area contributed by atoms with E-state index in [1.54, 1.807) is 18.2 Å². The molecule has 3 aromatic rings. The largest absolute Gasteiger partial charge is 0.444 e. The van der Waals surface area contributed by atoms with Crippen molar-refractivity contribution in [2.75, 3.05) is 16.8 Å². The first-order valence-electron chi connectivity index (χ1n) is 8.86. The van der Waals surface area contributed by atoms with E-state index in [0.717, 1.165) is 21.9 Å². The Labute approximate surface area is 175 Å². The minimum Gasteiger partial charge on any atom is -0.444 e. The highest BCUT2D eigenvalue weighted by molar-refractivity contribution is 9.10. The molecule has 4 rings (SSSR count). The second-order valence-electron chi connectivity index (χ2n) is 6.30. The van der Waals surface area contributed by atoms with Crippen LogP contribution in [0.5, 0.6) is 0 Å². The molecule has 0 aliphatic carbocycles. The zero-order valence-electron chi connectivity index (χ0n) is 15.1. The van der Waals surface area contributed by atoms with E-state index in [-0.39, 0.29) is 17.6 Å². The highest BCUT2D eigenvalue weighted by atomic mass is 79.9. The van der Waals surface area contributed by atoms with Crippen molar-refractivity contribution >= 4 is 50.9 Å². The third kappa shape index (κ3) is 3.59. The number of furan rings is 1. The van der Waals surface area contributed by atoms with Gasteiger partial charge in [-0.05, 0) is 64.8 Å². The smallest absolute Gasteiger partial charge is 0.291 e. The molecule has 1 aliphatic heterocycles. The molecule has 2 aromatic carbocycles. The molecule has 1 aliphatic rings. The number of carbonyl (C=O) groups excluding carboxylic acids is 2. The second-order valence-corrected chi connectivity index (χ2v) is 8.16. The molecule has 0 atom stereocenters. The van der Waals surface area contributed by atoms with Gasteiger partial charge >= 0.3 is 0 Å². The van der Waals surface area contributed by atoms with Crippen molar-refractivity contribution in [3.8, 4) is 0 Å². The molecule has 2 amide bonds. The van der Waals surface area contributed by atoms with E-state index in [0.29, 0.717) is 22.5 Å². The van der Waals surface area contributed by atoms with Crippen molar-refractivity contribution < 1.29 is 14.0 Å². The first kappa shape index (κ1) is 18.8. The van der Waals surface area contributed by atoms with Gasteiger partial charge in [-0.2, -0.15) is 0 Å². The number of hydrogen-bond donors (Lipinski definition) is 1. The summed E-state index contributed by atoms with van der Waals surface area (Å²) in [6, 6.07) is 16.5. The molecule has 1 N–H and O–H groups in total. The maximum Gasteiger partial charge on any atom is 0.291 e. The molecule has 0 fully saturated rings. The predicted octanol–water partition coefficient (Wildman–Crippen LogP) is 5.82. The summed E-state index contributed by atoms with van der Waals surface area (Å²) < 4.78 is 5.81. The average Bonchev–Trinajstić information content (AvgIpc) is 3.09. The maximum atomic E-state index is 13.1. The molecular formula is C21H17BrN2O3S. The SMILES string of the molecule is CCCN1C(=O)c2ccccc2Sc2cc(NC(=O)c3ccc(Br)o3)ccc21. The molecule has 0 bridgehead atoms. The van der Waals surface area contributed by atoms with Gasteiger partial charge in [0.05, 0.1) is 11.3 Å². The van der Waals surface area contributed by atoms with E-state index in [2.05, 4.69) is 21.2 Å². The van der Waals surface area contributed by atoms with Crippen LogP contribution in [0.25, 0.3) is 0 Å². The van der Waals surface area contributed by atoms with Crippen molar-refractivity contribution in [1.29, 1.82) is 0 Å². The van der Waals surface area contributed by atoms with Gasteiger partial charge in [0.15, 0.2) is 10.4 Å². The van der Waals surface area contributed by atoms with Crippen LogP contribution in [0.1, 0.15) is 34.3 Å². The van der Waals surface area contributed by atoms with Gasteiger partial charge in [-0.1, -0.05) is 30.8 Å². The van der Waals surface area contributed by atoms with Crippen LogP contribution >= 0.6 is 27.7 Å². The molecule has 0 radical (unpaired) electrons. The third-order valence-corrected chi connectivity index (χ3v) is 5.88. The number of rotatable bonds is 4. The normalized spacial score (nSPS) is 12.9. The van der Waals surface area contributed by atoms with E-state index >= 15 is 0 Å². The van der Waals surface area contributed by atoms with E-state index in [1.807, 2.05) is 48.2 Å². The molecule has 7 heteroatoms. The molecule has 0 spiro atoms. The summed E-state index contributed by atoms with van der Waals surface area (Å²) in [5.74, 6) is -0.102. The Bertz CT molecular complexity index is 1060. The fraction of sp³-hybridized carbons (Fsp3) is 0.143. The van der Waals surface area contributed by atoms with Crippen LogP contribution in [0.4, 0.5) is 11.4 Å². The third-order valence-electron chi connectivity index (χ3n) is 4.34. The van der Waals surface area contributed by atoms with Crippen molar-refractivity contribution in [3.05, 3.63) is 70.6 Å². The Hall–Kier alpha value is -2.51. The van der Waals surface area contributed by atoms with E-state index in [1.165, 1.54) is 11.8 Å². The van der Waals surface area contributed by atoms with Crippen LogP contribution in [-0.2, 0) is 0 Å². The van der Waals surface area contributed by atoms with Crippen molar-refractivity contribution in [3.63, 3.8) is 0 Å². The summed E-state index contributed by atoms with van der Waals surface area (Å²) in [6.45, 7) is 2.68. The van der Waals surface area contributed by atoms with Gasteiger partial charge in [-0.3, -0.25) is 9.59 Å². The van der Waals surface area contributed by atoms with Crippen LogP contribution in [0.15, 0.2) is 73.5 Å². The number of fused-ring (bicyclic) bond motifs is 2. The first-order chi connectivity index (χ1) is 13.6. The molecule has 142 valence electrons. The molecule has 5 nitrogen and oxygen atoms in total. The standard InChI is InChI=1S/C21H17BrN2O3S/c1-2-11-24-15-8-7-13(23-20(25)16-9-10-19(22)27-16)12-18(15)28-17-6-4-3-5-14(17)21(24)26/h3-10,12H,2,11H2,1H3,(H,23,25). The van der Waals surface area contributed by atoms with Crippen molar-refractivity contribution in [1.82, 2.24) is 0 Å². The lowest BCUT2D eigenvalue weighted by Gasteiger charge is -2.22. The zero-order valence-corrected chi connectivity index (χ0v) is 17.5. The molecule has 0 saturated carbocycles. The van der Waals surface area contributed by atoms with Crippen molar-refractivity contribution in [2.45, 2.75) is 23.1 Å². The summed E-state index contributed by atoms with van der Waals surface area (Å²) in [5.41, 5.74) is 2.20. The lowest BCUT2D eigenvalue weighted by atomic mass is 10.1. The average molecular weight is 457 g/mol. The summed E-state index contributed by atoms with van der Waals surface area (Å²) in [5, 5.41) is 2.85.